The number of anilines is 1. The molecule has 2 aromatic heterocycles. The van der Waals surface area contributed by atoms with E-state index in [1.165, 1.54) is 12.1 Å². The van der Waals surface area contributed by atoms with Crippen molar-refractivity contribution in [2.75, 3.05) is 44.2 Å². The van der Waals surface area contributed by atoms with Crippen molar-refractivity contribution in [2.45, 2.75) is 13.0 Å². The van der Waals surface area contributed by atoms with E-state index in [2.05, 4.69) is 35.9 Å². The van der Waals surface area contributed by atoms with E-state index in [1.54, 1.807) is 29.8 Å². The third-order valence-electron chi connectivity index (χ3n) is 5.16. The van der Waals surface area contributed by atoms with Crippen LogP contribution in [0.4, 0.5) is 14.6 Å². The molecule has 164 valence electrons. The highest BCUT2D eigenvalue weighted by Gasteiger charge is 2.21. The van der Waals surface area contributed by atoms with E-state index in [4.69, 9.17) is 0 Å². The van der Waals surface area contributed by atoms with Crippen LogP contribution in [0.25, 0.3) is 10.2 Å². The summed E-state index contributed by atoms with van der Waals surface area (Å²) in [6.07, 6.45) is 2.23. The number of piperazine rings is 1. The van der Waals surface area contributed by atoms with Gasteiger partial charge in [-0.05, 0) is 35.6 Å². The first-order valence-electron chi connectivity index (χ1n) is 10.0. The van der Waals surface area contributed by atoms with Crippen molar-refractivity contribution in [3.63, 3.8) is 0 Å². The molecule has 0 spiro atoms. The van der Waals surface area contributed by atoms with Gasteiger partial charge in [0.15, 0.2) is 0 Å². The van der Waals surface area contributed by atoms with E-state index in [0.717, 1.165) is 47.8 Å². The first-order chi connectivity index (χ1) is 15.1. The van der Waals surface area contributed by atoms with E-state index >= 15 is 0 Å². The highest BCUT2D eigenvalue weighted by Crippen LogP contribution is 2.27. The highest BCUT2D eigenvalue weighted by atomic mass is 32.1. The van der Waals surface area contributed by atoms with Crippen molar-refractivity contribution in [1.29, 1.82) is 0 Å². The number of fused-ring (bicyclic) bond motifs is 1. The Balaban J connectivity index is 1.18. The summed E-state index contributed by atoms with van der Waals surface area (Å²) in [5, 5.41) is 6.02. The van der Waals surface area contributed by atoms with E-state index in [-0.39, 0.29) is 11.7 Å². The molecular weight excluding hydrogens is 424 g/mol. The molecule has 7 nitrogen and oxygen atoms in total. The molecule has 0 saturated carbocycles. The molecule has 31 heavy (non-hydrogen) atoms. The number of carbonyl (C=O) groups excluding carboxylic acids is 1. The van der Waals surface area contributed by atoms with Gasteiger partial charge in [-0.3, -0.25) is 9.69 Å². The average molecular weight is 448 g/mol. The lowest BCUT2D eigenvalue weighted by molar-refractivity contribution is -0.122. The molecule has 0 aliphatic carbocycles. The van der Waals surface area contributed by atoms with E-state index in [9.17, 15) is 13.6 Å². The second-order valence-electron chi connectivity index (χ2n) is 7.22. The lowest BCUT2D eigenvalue weighted by atomic mass is 10.1. The summed E-state index contributed by atoms with van der Waals surface area (Å²) < 4.78 is 28.7. The standard InChI is InChI=1S/C21H23F2N5O2S/c22-21(23)30-16-3-1-15(2-4-16)5-7-24-18(29)13-27-8-10-28(11-9-27)19-17-6-12-31-20(17)26-14-25-19/h1-4,6,12,14,21H,5,7-11,13H2,(H,24,29). The second kappa shape index (κ2) is 9.97. The van der Waals surface area contributed by atoms with Gasteiger partial charge in [0, 0.05) is 32.7 Å². The summed E-state index contributed by atoms with van der Waals surface area (Å²) >= 11 is 1.61. The average Bonchev–Trinajstić information content (AvgIpc) is 3.24. The summed E-state index contributed by atoms with van der Waals surface area (Å²) in [5.41, 5.74) is 0.945. The van der Waals surface area contributed by atoms with Gasteiger partial charge in [-0.15, -0.1) is 11.3 Å². The molecule has 1 amide bonds. The molecule has 1 aromatic carbocycles. The fourth-order valence-corrected chi connectivity index (χ4v) is 4.32. The fraction of sp³-hybridized carbons (Fsp3) is 0.381. The minimum Gasteiger partial charge on any atom is -0.435 e. The molecule has 1 N–H and O–H groups in total. The molecule has 10 heteroatoms. The molecule has 0 bridgehead atoms. The van der Waals surface area contributed by atoms with Gasteiger partial charge in [0.1, 0.15) is 22.7 Å². The number of benzene rings is 1. The zero-order chi connectivity index (χ0) is 21.6. The van der Waals surface area contributed by atoms with Gasteiger partial charge in [-0.2, -0.15) is 8.78 Å². The Hall–Kier alpha value is -2.85. The molecule has 0 unspecified atom stereocenters. The van der Waals surface area contributed by atoms with Crippen LogP contribution in [-0.4, -0.2) is 66.7 Å². The quantitative estimate of drug-likeness (QED) is 0.573. The first kappa shape index (κ1) is 21.4. The Labute approximate surface area is 182 Å². The summed E-state index contributed by atoms with van der Waals surface area (Å²) in [7, 11) is 0. The Bertz CT molecular complexity index is 1010. The number of hydrogen-bond acceptors (Lipinski definition) is 7. The van der Waals surface area contributed by atoms with Gasteiger partial charge in [0.05, 0.1) is 11.9 Å². The van der Waals surface area contributed by atoms with Gasteiger partial charge in [-0.1, -0.05) is 12.1 Å². The maximum absolute atomic E-state index is 12.3. The van der Waals surface area contributed by atoms with E-state index in [0.29, 0.717) is 19.5 Å². The molecular formula is C21H23F2N5O2S. The molecule has 3 heterocycles. The number of ether oxygens (including phenoxy) is 1. The number of carbonyl (C=O) groups is 1. The van der Waals surface area contributed by atoms with Crippen molar-refractivity contribution >= 4 is 33.3 Å². The largest absolute Gasteiger partial charge is 0.435 e. The highest BCUT2D eigenvalue weighted by molar-refractivity contribution is 7.16. The molecule has 3 aromatic rings. The maximum atomic E-state index is 12.3. The monoisotopic (exact) mass is 447 g/mol. The second-order valence-corrected chi connectivity index (χ2v) is 8.12. The third-order valence-corrected chi connectivity index (χ3v) is 5.98. The van der Waals surface area contributed by atoms with Crippen LogP contribution < -0.4 is 15.0 Å². The van der Waals surface area contributed by atoms with Gasteiger partial charge >= 0.3 is 6.61 Å². The number of amides is 1. The third kappa shape index (κ3) is 5.65. The van der Waals surface area contributed by atoms with Crippen LogP contribution in [0.3, 0.4) is 0 Å². The fourth-order valence-electron chi connectivity index (χ4n) is 3.59. The summed E-state index contributed by atoms with van der Waals surface area (Å²) in [5.74, 6) is 1.07. The molecule has 1 aliphatic heterocycles. The SMILES string of the molecule is O=C(CN1CCN(c2ncnc3sccc23)CC1)NCCc1ccc(OC(F)F)cc1. The van der Waals surface area contributed by atoms with Gasteiger partial charge in [0.25, 0.3) is 0 Å². The lowest BCUT2D eigenvalue weighted by Gasteiger charge is -2.35. The lowest BCUT2D eigenvalue weighted by Crippen LogP contribution is -2.49. The molecule has 1 fully saturated rings. The summed E-state index contributed by atoms with van der Waals surface area (Å²) in [6, 6.07) is 8.50. The summed E-state index contributed by atoms with van der Waals surface area (Å²) in [6.45, 7) is 1.20. The van der Waals surface area contributed by atoms with Crippen LogP contribution in [0.15, 0.2) is 42.0 Å². The van der Waals surface area contributed by atoms with Crippen molar-refractivity contribution in [3.05, 3.63) is 47.6 Å². The number of nitrogens with zero attached hydrogens (tertiary/aromatic N) is 4. The molecule has 0 atom stereocenters. The van der Waals surface area contributed by atoms with Gasteiger partial charge < -0.3 is 15.0 Å². The van der Waals surface area contributed by atoms with Crippen LogP contribution in [0.2, 0.25) is 0 Å². The number of thiophene rings is 1. The Kier molecular flexibility index (Phi) is 6.88. The Morgan fingerprint density at radius 1 is 1.13 bits per heavy atom. The first-order valence-corrected chi connectivity index (χ1v) is 10.9. The predicted octanol–water partition coefficient (Wildman–Crippen LogP) is 2.77. The van der Waals surface area contributed by atoms with E-state index < -0.39 is 6.61 Å². The van der Waals surface area contributed by atoms with Crippen LogP contribution >= 0.6 is 11.3 Å². The van der Waals surface area contributed by atoms with Crippen molar-refractivity contribution in [2.24, 2.45) is 0 Å². The number of hydrogen-bond donors (Lipinski definition) is 1. The zero-order valence-corrected chi connectivity index (χ0v) is 17.7. The van der Waals surface area contributed by atoms with Crippen LogP contribution in [0.5, 0.6) is 5.75 Å². The summed E-state index contributed by atoms with van der Waals surface area (Å²) in [4.78, 5) is 26.4. The minimum absolute atomic E-state index is 0.0200. The van der Waals surface area contributed by atoms with Crippen LogP contribution in [0.1, 0.15) is 5.56 Å². The van der Waals surface area contributed by atoms with Crippen molar-refractivity contribution < 1.29 is 18.3 Å². The molecule has 1 saturated heterocycles. The number of alkyl halides is 2. The normalized spacial score (nSPS) is 14.9. The van der Waals surface area contributed by atoms with Crippen molar-refractivity contribution in [1.82, 2.24) is 20.2 Å². The number of nitrogens with one attached hydrogen (secondary N) is 1. The molecule has 0 radical (unpaired) electrons. The Morgan fingerprint density at radius 2 is 1.90 bits per heavy atom. The minimum atomic E-state index is -2.83. The molecule has 4 rings (SSSR count). The van der Waals surface area contributed by atoms with Crippen LogP contribution in [0, 0.1) is 0 Å². The number of rotatable bonds is 8. The maximum Gasteiger partial charge on any atom is 0.387 e. The topological polar surface area (TPSA) is 70.6 Å². The zero-order valence-electron chi connectivity index (χ0n) is 16.8. The smallest absolute Gasteiger partial charge is 0.387 e. The molecule has 1 aliphatic rings. The van der Waals surface area contributed by atoms with Gasteiger partial charge in [0.2, 0.25) is 5.91 Å². The number of aromatic nitrogens is 2. The Morgan fingerprint density at radius 3 is 2.65 bits per heavy atom. The van der Waals surface area contributed by atoms with Crippen LogP contribution in [-0.2, 0) is 11.2 Å². The number of halogens is 2. The van der Waals surface area contributed by atoms with Crippen molar-refractivity contribution in [3.8, 4) is 5.75 Å². The van der Waals surface area contributed by atoms with E-state index in [1.807, 2.05) is 5.38 Å². The van der Waals surface area contributed by atoms with Gasteiger partial charge in [-0.25, -0.2) is 9.97 Å². The predicted molar refractivity (Wildman–Crippen MR) is 116 cm³/mol.